The highest BCUT2D eigenvalue weighted by atomic mass is 16.5. The standard InChI is InChI=1S/C16H27NO/c1-2-16(12-8-13-17)18-14-7-6-11-15-9-4-3-5-10-15/h3-5,9-10,16H,2,6-8,11-14,17H2,1H3. The van der Waals surface area contributed by atoms with E-state index in [0.717, 1.165) is 45.3 Å². The summed E-state index contributed by atoms with van der Waals surface area (Å²) >= 11 is 0. The van der Waals surface area contributed by atoms with Gasteiger partial charge in [-0.15, -0.1) is 0 Å². The minimum atomic E-state index is 0.408. The van der Waals surface area contributed by atoms with Gasteiger partial charge < -0.3 is 10.5 Å². The lowest BCUT2D eigenvalue weighted by molar-refractivity contribution is 0.0418. The van der Waals surface area contributed by atoms with Crippen molar-refractivity contribution in [2.24, 2.45) is 5.73 Å². The Morgan fingerprint density at radius 1 is 1.11 bits per heavy atom. The van der Waals surface area contributed by atoms with Gasteiger partial charge in [0, 0.05) is 6.61 Å². The fourth-order valence-electron chi connectivity index (χ4n) is 2.08. The second-order valence-corrected chi connectivity index (χ2v) is 4.77. The first kappa shape index (κ1) is 15.2. The van der Waals surface area contributed by atoms with E-state index in [1.807, 2.05) is 0 Å². The fraction of sp³-hybridized carbons (Fsp3) is 0.625. The summed E-state index contributed by atoms with van der Waals surface area (Å²) in [4.78, 5) is 0. The van der Waals surface area contributed by atoms with Gasteiger partial charge in [0.25, 0.3) is 0 Å². The number of aryl methyl sites for hydroxylation is 1. The predicted molar refractivity (Wildman–Crippen MR) is 77.7 cm³/mol. The van der Waals surface area contributed by atoms with Gasteiger partial charge in [-0.1, -0.05) is 37.3 Å². The van der Waals surface area contributed by atoms with E-state index in [1.54, 1.807) is 0 Å². The van der Waals surface area contributed by atoms with Crippen LogP contribution in [0.5, 0.6) is 0 Å². The summed E-state index contributed by atoms with van der Waals surface area (Å²) in [5, 5.41) is 0. The van der Waals surface area contributed by atoms with Crippen LogP contribution >= 0.6 is 0 Å². The Kier molecular flexibility index (Phi) is 8.53. The topological polar surface area (TPSA) is 35.2 Å². The van der Waals surface area contributed by atoms with Gasteiger partial charge in [-0.2, -0.15) is 0 Å². The zero-order chi connectivity index (χ0) is 13.1. The first-order valence-electron chi connectivity index (χ1n) is 7.22. The molecule has 0 fully saturated rings. The molecule has 0 amide bonds. The van der Waals surface area contributed by atoms with E-state index in [0.29, 0.717) is 6.10 Å². The number of hydrogen-bond acceptors (Lipinski definition) is 2. The van der Waals surface area contributed by atoms with Crippen molar-refractivity contribution in [1.29, 1.82) is 0 Å². The van der Waals surface area contributed by atoms with Gasteiger partial charge in [0.2, 0.25) is 0 Å². The van der Waals surface area contributed by atoms with Crippen molar-refractivity contribution >= 4 is 0 Å². The Balaban J connectivity index is 2.03. The Labute approximate surface area is 112 Å². The van der Waals surface area contributed by atoms with Crippen LogP contribution in [0.2, 0.25) is 0 Å². The molecule has 0 bridgehead atoms. The molecule has 2 N–H and O–H groups in total. The molecule has 0 aliphatic heterocycles. The third-order valence-electron chi connectivity index (χ3n) is 3.24. The lowest BCUT2D eigenvalue weighted by atomic mass is 10.1. The SMILES string of the molecule is CCC(CCCN)OCCCCc1ccccc1. The second kappa shape index (κ2) is 10.1. The smallest absolute Gasteiger partial charge is 0.0573 e. The Bertz CT molecular complexity index is 286. The van der Waals surface area contributed by atoms with Crippen LogP contribution in [-0.4, -0.2) is 19.3 Å². The summed E-state index contributed by atoms with van der Waals surface area (Å²) in [6, 6.07) is 10.7. The van der Waals surface area contributed by atoms with Crippen molar-refractivity contribution in [1.82, 2.24) is 0 Å². The number of unbranched alkanes of at least 4 members (excludes halogenated alkanes) is 1. The fourth-order valence-corrected chi connectivity index (χ4v) is 2.08. The molecule has 0 saturated carbocycles. The van der Waals surface area contributed by atoms with Crippen molar-refractivity contribution < 1.29 is 4.74 Å². The van der Waals surface area contributed by atoms with Crippen LogP contribution in [0.1, 0.15) is 44.6 Å². The third kappa shape index (κ3) is 6.77. The molecule has 2 nitrogen and oxygen atoms in total. The van der Waals surface area contributed by atoms with Crippen LogP contribution in [0.25, 0.3) is 0 Å². The number of rotatable bonds is 10. The van der Waals surface area contributed by atoms with Crippen LogP contribution in [0, 0.1) is 0 Å². The molecule has 0 heterocycles. The molecule has 0 aliphatic rings. The van der Waals surface area contributed by atoms with Crippen molar-refractivity contribution in [3.63, 3.8) is 0 Å². The predicted octanol–water partition coefficient (Wildman–Crippen LogP) is 3.54. The van der Waals surface area contributed by atoms with Crippen molar-refractivity contribution in [2.45, 2.75) is 51.6 Å². The molecule has 0 radical (unpaired) electrons. The summed E-state index contributed by atoms with van der Waals surface area (Å²) in [7, 11) is 0. The summed E-state index contributed by atoms with van der Waals surface area (Å²) in [5.74, 6) is 0. The highest BCUT2D eigenvalue weighted by molar-refractivity contribution is 5.14. The van der Waals surface area contributed by atoms with Gasteiger partial charge in [-0.3, -0.25) is 0 Å². The first-order chi connectivity index (χ1) is 8.86. The van der Waals surface area contributed by atoms with Crippen LogP contribution in [0.3, 0.4) is 0 Å². The van der Waals surface area contributed by atoms with E-state index in [1.165, 1.54) is 12.0 Å². The molecule has 0 aliphatic carbocycles. The molecular formula is C16H27NO. The molecule has 1 aromatic carbocycles. The van der Waals surface area contributed by atoms with Crippen molar-refractivity contribution in [3.8, 4) is 0 Å². The molecule has 18 heavy (non-hydrogen) atoms. The molecule has 2 heteroatoms. The lowest BCUT2D eigenvalue weighted by Crippen LogP contribution is -2.14. The van der Waals surface area contributed by atoms with Gasteiger partial charge in [-0.05, 0) is 50.6 Å². The first-order valence-corrected chi connectivity index (χ1v) is 7.22. The van der Waals surface area contributed by atoms with E-state index in [9.17, 15) is 0 Å². The Hall–Kier alpha value is -0.860. The Morgan fingerprint density at radius 3 is 2.56 bits per heavy atom. The highest BCUT2D eigenvalue weighted by Gasteiger charge is 2.05. The molecule has 1 atom stereocenters. The van der Waals surface area contributed by atoms with Gasteiger partial charge >= 0.3 is 0 Å². The van der Waals surface area contributed by atoms with Crippen molar-refractivity contribution in [2.75, 3.05) is 13.2 Å². The van der Waals surface area contributed by atoms with Gasteiger partial charge in [0.15, 0.2) is 0 Å². The van der Waals surface area contributed by atoms with E-state index in [-0.39, 0.29) is 0 Å². The Morgan fingerprint density at radius 2 is 1.89 bits per heavy atom. The summed E-state index contributed by atoms with van der Waals surface area (Å²) in [6.45, 7) is 3.84. The van der Waals surface area contributed by atoms with Crippen LogP contribution in [0.4, 0.5) is 0 Å². The maximum absolute atomic E-state index is 5.88. The van der Waals surface area contributed by atoms with E-state index in [2.05, 4.69) is 37.3 Å². The molecule has 0 spiro atoms. The number of benzene rings is 1. The number of hydrogen-bond donors (Lipinski definition) is 1. The van der Waals surface area contributed by atoms with Crippen LogP contribution in [-0.2, 0) is 11.2 Å². The molecule has 1 rings (SSSR count). The van der Waals surface area contributed by atoms with E-state index < -0.39 is 0 Å². The second-order valence-electron chi connectivity index (χ2n) is 4.77. The summed E-state index contributed by atoms with van der Waals surface area (Å²) in [6.07, 6.45) is 7.19. The molecular weight excluding hydrogens is 222 g/mol. The quantitative estimate of drug-likeness (QED) is 0.644. The molecule has 0 saturated heterocycles. The average Bonchev–Trinajstić information content (AvgIpc) is 2.43. The third-order valence-corrected chi connectivity index (χ3v) is 3.24. The zero-order valence-corrected chi connectivity index (χ0v) is 11.6. The minimum Gasteiger partial charge on any atom is -0.378 e. The van der Waals surface area contributed by atoms with Gasteiger partial charge in [0.05, 0.1) is 6.10 Å². The minimum absolute atomic E-state index is 0.408. The normalized spacial score (nSPS) is 12.6. The monoisotopic (exact) mass is 249 g/mol. The maximum Gasteiger partial charge on any atom is 0.0573 e. The number of ether oxygens (including phenoxy) is 1. The van der Waals surface area contributed by atoms with E-state index >= 15 is 0 Å². The average molecular weight is 249 g/mol. The molecule has 0 aromatic heterocycles. The van der Waals surface area contributed by atoms with Crippen LogP contribution < -0.4 is 5.73 Å². The van der Waals surface area contributed by atoms with Crippen LogP contribution in [0.15, 0.2) is 30.3 Å². The van der Waals surface area contributed by atoms with E-state index in [4.69, 9.17) is 10.5 Å². The van der Waals surface area contributed by atoms with Gasteiger partial charge in [0.1, 0.15) is 0 Å². The van der Waals surface area contributed by atoms with Crippen molar-refractivity contribution in [3.05, 3.63) is 35.9 Å². The summed E-state index contributed by atoms with van der Waals surface area (Å²) < 4.78 is 5.88. The number of nitrogens with two attached hydrogens (primary N) is 1. The molecule has 1 aromatic rings. The maximum atomic E-state index is 5.88. The lowest BCUT2D eigenvalue weighted by Gasteiger charge is -2.15. The summed E-state index contributed by atoms with van der Waals surface area (Å²) in [5.41, 5.74) is 6.94. The highest BCUT2D eigenvalue weighted by Crippen LogP contribution is 2.09. The van der Waals surface area contributed by atoms with Gasteiger partial charge in [-0.25, -0.2) is 0 Å². The molecule has 102 valence electrons. The largest absolute Gasteiger partial charge is 0.378 e. The zero-order valence-electron chi connectivity index (χ0n) is 11.6. The molecule has 1 unspecified atom stereocenters.